The Hall–Kier alpha value is -4.09. The Morgan fingerprint density at radius 3 is 2.09 bits per heavy atom. The quantitative estimate of drug-likeness (QED) is 0.313. The summed E-state index contributed by atoms with van der Waals surface area (Å²) in [7, 11) is 0. The van der Waals surface area contributed by atoms with E-state index in [-0.39, 0.29) is 17.8 Å². The summed E-state index contributed by atoms with van der Waals surface area (Å²) in [6.07, 6.45) is -1.59. The molecule has 0 saturated carbocycles. The molecule has 1 aromatic carbocycles. The highest BCUT2D eigenvalue weighted by Crippen LogP contribution is 2.33. The third-order valence-corrected chi connectivity index (χ3v) is 3.98. The van der Waals surface area contributed by atoms with Crippen LogP contribution in [0.5, 0.6) is 0 Å². The molecule has 32 heavy (non-hydrogen) atoms. The van der Waals surface area contributed by atoms with Gasteiger partial charge in [0.25, 0.3) is 0 Å². The van der Waals surface area contributed by atoms with Gasteiger partial charge in [0.05, 0.1) is 11.3 Å². The zero-order valence-corrected chi connectivity index (χ0v) is 16.7. The van der Waals surface area contributed by atoms with Crippen LogP contribution in [0.2, 0.25) is 0 Å². The Labute approximate surface area is 180 Å². The number of nitrogens with zero attached hydrogens (tertiary/aromatic N) is 2. The number of carbonyl (C=O) groups is 4. The maximum Gasteiger partial charge on any atom is 0.332 e. The summed E-state index contributed by atoms with van der Waals surface area (Å²) < 4.78 is 39.4. The molecule has 1 aromatic heterocycles. The molecular weight excluding hydrogens is 434 g/mol. The van der Waals surface area contributed by atoms with E-state index in [9.17, 15) is 23.6 Å². The number of carbonyl (C=O) groups excluding carboxylic acids is 2. The highest BCUT2D eigenvalue weighted by Gasteiger charge is 2.30. The monoisotopic (exact) mass is 452 g/mol. The predicted molar refractivity (Wildman–Crippen MR) is 103 cm³/mol. The van der Waals surface area contributed by atoms with E-state index < -0.39 is 60.3 Å². The summed E-state index contributed by atoms with van der Waals surface area (Å²) in [5, 5.41) is 17.5. The molecule has 170 valence electrons. The van der Waals surface area contributed by atoms with Gasteiger partial charge in [-0.25, -0.2) is 8.78 Å². The van der Waals surface area contributed by atoms with Gasteiger partial charge in [-0.05, 0) is 25.1 Å². The van der Waals surface area contributed by atoms with Gasteiger partial charge in [0.15, 0.2) is 5.82 Å². The highest BCUT2D eigenvalue weighted by molar-refractivity contribution is 5.91. The lowest BCUT2D eigenvalue weighted by molar-refractivity contribution is -0.188. The lowest BCUT2D eigenvalue weighted by Crippen LogP contribution is -2.43. The van der Waals surface area contributed by atoms with Gasteiger partial charge in [0.1, 0.15) is 18.7 Å². The van der Waals surface area contributed by atoms with Crippen molar-refractivity contribution in [2.24, 2.45) is 0 Å². The minimum absolute atomic E-state index is 0.0997. The van der Waals surface area contributed by atoms with Crippen molar-refractivity contribution in [2.75, 3.05) is 11.4 Å². The van der Waals surface area contributed by atoms with Crippen molar-refractivity contribution in [3.05, 3.63) is 48.3 Å². The predicted octanol–water partition coefficient (Wildman–Crippen LogP) is 2.17. The number of pyridine rings is 1. The second-order valence-electron chi connectivity index (χ2n) is 6.21. The first-order valence-electron chi connectivity index (χ1n) is 9.11. The van der Waals surface area contributed by atoms with E-state index in [1.54, 1.807) is 0 Å². The van der Waals surface area contributed by atoms with Gasteiger partial charge in [0.2, 0.25) is 0 Å². The molecule has 0 bridgehead atoms. The molecule has 2 aromatic rings. The van der Waals surface area contributed by atoms with Crippen molar-refractivity contribution in [1.82, 2.24) is 4.98 Å². The number of aromatic nitrogens is 1. The topological polar surface area (TPSA) is 143 Å². The Balaban J connectivity index is 2.48. The fraction of sp³-hybridized carbons (Fsp3) is 0.250. The van der Waals surface area contributed by atoms with Crippen LogP contribution >= 0.6 is 0 Å². The number of hydrogen-bond donors (Lipinski definition) is 2. The molecule has 0 radical (unpaired) electrons. The zero-order chi connectivity index (χ0) is 23.8. The van der Waals surface area contributed by atoms with Crippen molar-refractivity contribution < 1.29 is 47.6 Å². The van der Waals surface area contributed by atoms with E-state index in [0.717, 1.165) is 17.0 Å². The van der Waals surface area contributed by atoms with Crippen LogP contribution in [0, 0.1) is 11.6 Å². The maximum absolute atomic E-state index is 15.3. The van der Waals surface area contributed by atoms with E-state index >= 15 is 4.39 Å². The Kier molecular flexibility index (Phi) is 8.16. The SMILES string of the molecule is CCN(c1ccc(F)c(-c2cccnc2)c1F)C(OC(=O)CC(=O)O)OC(=O)CC(=O)O. The van der Waals surface area contributed by atoms with E-state index in [1.807, 2.05) is 0 Å². The second-order valence-corrected chi connectivity index (χ2v) is 6.21. The van der Waals surface area contributed by atoms with Crippen LogP contribution in [-0.4, -0.2) is 52.0 Å². The number of carboxylic acid groups (broad SMARTS) is 2. The number of ether oxygens (including phenoxy) is 2. The molecule has 0 aliphatic carbocycles. The molecule has 0 unspecified atom stereocenters. The van der Waals surface area contributed by atoms with Crippen molar-refractivity contribution in [2.45, 2.75) is 26.2 Å². The van der Waals surface area contributed by atoms with Crippen molar-refractivity contribution >= 4 is 29.6 Å². The van der Waals surface area contributed by atoms with Crippen molar-refractivity contribution in [3.63, 3.8) is 0 Å². The van der Waals surface area contributed by atoms with Gasteiger partial charge >= 0.3 is 30.3 Å². The number of halogens is 2. The number of anilines is 1. The summed E-state index contributed by atoms with van der Waals surface area (Å²) in [6, 6.07) is 4.80. The van der Waals surface area contributed by atoms with E-state index in [1.165, 1.54) is 31.5 Å². The maximum atomic E-state index is 15.3. The first-order valence-corrected chi connectivity index (χ1v) is 9.11. The summed E-state index contributed by atoms with van der Waals surface area (Å²) >= 11 is 0. The zero-order valence-electron chi connectivity index (χ0n) is 16.7. The first kappa shape index (κ1) is 24.2. The van der Waals surface area contributed by atoms with Gasteiger partial charge in [0, 0.05) is 24.5 Å². The van der Waals surface area contributed by atoms with Gasteiger partial charge in [-0.2, -0.15) is 0 Å². The number of esters is 2. The second kappa shape index (κ2) is 10.8. The molecule has 0 saturated heterocycles. The van der Waals surface area contributed by atoms with Crippen molar-refractivity contribution in [3.8, 4) is 11.1 Å². The molecule has 2 N–H and O–H groups in total. The molecule has 0 fully saturated rings. The number of hydrogen-bond acceptors (Lipinski definition) is 8. The molecule has 0 amide bonds. The minimum Gasteiger partial charge on any atom is -0.481 e. The highest BCUT2D eigenvalue weighted by atomic mass is 19.1. The number of rotatable bonds is 10. The van der Waals surface area contributed by atoms with Crippen LogP contribution in [-0.2, 0) is 28.7 Å². The van der Waals surface area contributed by atoms with Crippen molar-refractivity contribution in [1.29, 1.82) is 0 Å². The summed E-state index contributed by atoms with van der Waals surface area (Å²) in [4.78, 5) is 49.9. The number of carboxylic acids is 2. The summed E-state index contributed by atoms with van der Waals surface area (Å²) in [5.41, 5.74) is -0.715. The van der Waals surface area contributed by atoms with Crippen LogP contribution < -0.4 is 4.90 Å². The van der Waals surface area contributed by atoms with Gasteiger partial charge in [-0.1, -0.05) is 6.07 Å². The van der Waals surface area contributed by atoms with Crippen LogP contribution in [0.1, 0.15) is 19.8 Å². The van der Waals surface area contributed by atoms with E-state index in [4.69, 9.17) is 19.7 Å². The van der Waals surface area contributed by atoms with E-state index in [2.05, 4.69) is 4.98 Å². The van der Waals surface area contributed by atoms with Crippen LogP contribution in [0.3, 0.4) is 0 Å². The molecule has 1 heterocycles. The summed E-state index contributed by atoms with van der Waals surface area (Å²) in [6.45, 7) is 1.29. The number of aliphatic carboxylic acids is 2. The minimum atomic E-state index is -2.01. The number of benzene rings is 1. The molecular formula is C20H18F2N2O8. The third kappa shape index (κ3) is 6.20. The van der Waals surface area contributed by atoms with Gasteiger partial charge in [-0.15, -0.1) is 0 Å². The third-order valence-electron chi connectivity index (χ3n) is 3.98. The lowest BCUT2D eigenvalue weighted by atomic mass is 10.0. The van der Waals surface area contributed by atoms with Gasteiger partial charge in [-0.3, -0.25) is 24.2 Å². The molecule has 2 rings (SSSR count). The normalized spacial score (nSPS) is 10.5. The van der Waals surface area contributed by atoms with Gasteiger partial charge < -0.3 is 24.6 Å². The standard InChI is InChI=1S/C20H18F2N2O8/c1-2-24(20(31-16(29)8-14(25)26)32-17(30)9-15(27)28)13-6-5-12(21)18(19(13)22)11-4-3-7-23-10-11/h3-7,10,20H,2,8-9H2,1H3,(H,25,26)(H,27,28). The Bertz CT molecular complexity index is 986. The van der Waals surface area contributed by atoms with Crippen LogP contribution in [0.15, 0.2) is 36.7 Å². The fourth-order valence-corrected chi connectivity index (χ4v) is 2.68. The molecule has 0 spiro atoms. The molecule has 0 atom stereocenters. The van der Waals surface area contributed by atoms with Crippen LogP contribution in [0.25, 0.3) is 11.1 Å². The largest absolute Gasteiger partial charge is 0.481 e. The lowest BCUT2D eigenvalue weighted by Gasteiger charge is -2.31. The fourth-order valence-electron chi connectivity index (χ4n) is 2.68. The average Bonchev–Trinajstić information content (AvgIpc) is 2.69. The van der Waals surface area contributed by atoms with E-state index in [0.29, 0.717) is 0 Å². The molecule has 12 heteroatoms. The molecule has 10 nitrogen and oxygen atoms in total. The summed E-state index contributed by atoms with van der Waals surface area (Å²) in [5.74, 6) is -7.77. The first-order chi connectivity index (χ1) is 15.1. The Morgan fingerprint density at radius 2 is 1.62 bits per heavy atom. The average molecular weight is 452 g/mol. The molecule has 0 aliphatic rings. The molecule has 0 aliphatic heterocycles. The smallest absolute Gasteiger partial charge is 0.332 e. The van der Waals surface area contributed by atoms with Crippen LogP contribution in [0.4, 0.5) is 14.5 Å². The Morgan fingerprint density at radius 1 is 1.03 bits per heavy atom.